The number of rotatable bonds is 5. The summed E-state index contributed by atoms with van der Waals surface area (Å²) in [6, 6.07) is 12.0. The number of hydrogen-bond donors (Lipinski definition) is 0. The van der Waals surface area contributed by atoms with Crippen LogP contribution in [-0.4, -0.2) is 22.1 Å². The van der Waals surface area contributed by atoms with Crippen LogP contribution in [0.25, 0.3) is 11.3 Å². The molecular weight excluding hydrogens is 346 g/mol. The third-order valence-corrected chi connectivity index (χ3v) is 3.72. The van der Waals surface area contributed by atoms with E-state index in [1.54, 1.807) is 6.92 Å². The highest BCUT2D eigenvalue weighted by molar-refractivity contribution is 9.10. The van der Waals surface area contributed by atoms with Crippen LogP contribution in [0.1, 0.15) is 17.5 Å². The molecule has 2 aromatic heterocycles. The maximum absolute atomic E-state index is 5.90. The van der Waals surface area contributed by atoms with Crippen molar-refractivity contribution < 1.29 is 8.83 Å². The van der Waals surface area contributed by atoms with Crippen molar-refractivity contribution in [2.45, 2.75) is 20.0 Å². The largest absolute Gasteiger partial charge is 0.460 e. The fourth-order valence-corrected chi connectivity index (χ4v) is 2.45. The molecule has 1 aromatic carbocycles. The zero-order chi connectivity index (χ0) is 15.5. The highest BCUT2D eigenvalue weighted by Gasteiger charge is 2.10. The molecule has 0 saturated carbocycles. The molecule has 0 unspecified atom stereocenters. The van der Waals surface area contributed by atoms with E-state index in [0.29, 0.717) is 24.9 Å². The average molecular weight is 362 g/mol. The highest BCUT2D eigenvalue weighted by atomic mass is 79.9. The van der Waals surface area contributed by atoms with E-state index in [-0.39, 0.29) is 0 Å². The maximum atomic E-state index is 5.90. The Kier molecular flexibility index (Phi) is 4.40. The number of hydrogen-bond acceptors (Lipinski definition) is 5. The van der Waals surface area contributed by atoms with Crippen LogP contribution in [0.4, 0.5) is 0 Å². The standard InChI is InChI=1S/C16H16BrN3O2/c1-11-18-19-16(21-11)10-20(2)9-14-7-8-15(22-14)12-3-5-13(17)6-4-12/h3-8H,9-10H2,1-2H3. The van der Waals surface area contributed by atoms with Gasteiger partial charge >= 0.3 is 0 Å². The van der Waals surface area contributed by atoms with E-state index < -0.39 is 0 Å². The minimum absolute atomic E-state index is 0.582. The van der Waals surface area contributed by atoms with Gasteiger partial charge in [-0.05, 0) is 31.3 Å². The summed E-state index contributed by atoms with van der Waals surface area (Å²) in [4.78, 5) is 2.07. The zero-order valence-corrected chi connectivity index (χ0v) is 14.0. The Balaban J connectivity index is 1.65. The van der Waals surface area contributed by atoms with Crippen LogP contribution in [0.5, 0.6) is 0 Å². The van der Waals surface area contributed by atoms with Gasteiger partial charge in [0.15, 0.2) is 0 Å². The molecule has 0 spiro atoms. The summed E-state index contributed by atoms with van der Waals surface area (Å²) >= 11 is 3.43. The zero-order valence-electron chi connectivity index (χ0n) is 12.4. The van der Waals surface area contributed by atoms with Crippen molar-refractivity contribution in [3.8, 4) is 11.3 Å². The molecule has 2 heterocycles. The predicted molar refractivity (Wildman–Crippen MR) is 86.1 cm³/mol. The fraction of sp³-hybridized carbons (Fsp3) is 0.250. The van der Waals surface area contributed by atoms with Crippen molar-refractivity contribution in [2.24, 2.45) is 0 Å². The molecule has 0 radical (unpaired) electrons. The van der Waals surface area contributed by atoms with Gasteiger partial charge in [0.05, 0.1) is 13.1 Å². The molecule has 3 rings (SSSR count). The quantitative estimate of drug-likeness (QED) is 0.686. The van der Waals surface area contributed by atoms with Gasteiger partial charge in [-0.15, -0.1) is 10.2 Å². The summed E-state index contributed by atoms with van der Waals surface area (Å²) in [7, 11) is 1.99. The van der Waals surface area contributed by atoms with Gasteiger partial charge in [0.1, 0.15) is 11.5 Å². The van der Waals surface area contributed by atoms with Gasteiger partial charge in [-0.25, -0.2) is 0 Å². The van der Waals surface area contributed by atoms with Crippen LogP contribution in [0, 0.1) is 6.92 Å². The first-order chi connectivity index (χ1) is 10.6. The molecule has 0 aliphatic rings. The molecule has 6 heteroatoms. The third kappa shape index (κ3) is 3.64. The SMILES string of the molecule is Cc1nnc(CN(C)Cc2ccc(-c3ccc(Br)cc3)o2)o1. The van der Waals surface area contributed by atoms with E-state index in [0.717, 1.165) is 21.6 Å². The first kappa shape index (κ1) is 15.0. The minimum atomic E-state index is 0.582. The van der Waals surface area contributed by atoms with Crippen LogP contribution >= 0.6 is 15.9 Å². The van der Waals surface area contributed by atoms with Crippen molar-refractivity contribution in [3.63, 3.8) is 0 Å². The minimum Gasteiger partial charge on any atom is -0.460 e. The van der Waals surface area contributed by atoms with Gasteiger partial charge in [0.2, 0.25) is 11.8 Å². The second-order valence-electron chi connectivity index (χ2n) is 5.16. The molecule has 5 nitrogen and oxygen atoms in total. The summed E-state index contributed by atoms with van der Waals surface area (Å²) in [5.74, 6) is 2.96. The van der Waals surface area contributed by atoms with Crippen LogP contribution < -0.4 is 0 Å². The fourth-order valence-electron chi connectivity index (χ4n) is 2.19. The summed E-state index contributed by atoms with van der Waals surface area (Å²) in [6.07, 6.45) is 0. The van der Waals surface area contributed by atoms with Gasteiger partial charge in [-0.3, -0.25) is 4.90 Å². The lowest BCUT2D eigenvalue weighted by Crippen LogP contribution is -2.17. The van der Waals surface area contributed by atoms with Gasteiger partial charge in [-0.1, -0.05) is 28.1 Å². The smallest absolute Gasteiger partial charge is 0.230 e. The molecule has 0 atom stereocenters. The van der Waals surface area contributed by atoms with E-state index in [2.05, 4.69) is 31.0 Å². The molecule has 0 fully saturated rings. The van der Waals surface area contributed by atoms with E-state index >= 15 is 0 Å². The van der Waals surface area contributed by atoms with Crippen molar-refractivity contribution in [1.29, 1.82) is 0 Å². The molecule has 0 bridgehead atoms. The summed E-state index contributed by atoms with van der Waals surface area (Å²) in [5.41, 5.74) is 1.06. The number of aryl methyl sites for hydroxylation is 1. The second-order valence-corrected chi connectivity index (χ2v) is 6.08. The Morgan fingerprint density at radius 2 is 1.77 bits per heavy atom. The lowest BCUT2D eigenvalue weighted by molar-refractivity contribution is 0.258. The first-order valence-electron chi connectivity index (χ1n) is 6.92. The van der Waals surface area contributed by atoms with Gasteiger partial charge in [-0.2, -0.15) is 0 Å². The Morgan fingerprint density at radius 1 is 1.00 bits per heavy atom. The van der Waals surface area contributed by atoms with Crippen molar-refractivity contribution in [1.82, 2.24) is 15.1 Å². The molecule has 0 saturated heterocycles. The normalized spacial score (nSPS) is 11.3. The number of halogens is 1. The van der Waals surface area contributed by atoms with Gasteiger partial charge in [0.25, 0.3) is 0 Å². The maximum Gasteiger partial charge on any atom is 0.230 e. The summed E-state index contributed by atoms with van der Waals surface area (Å²) in [6.45, 7) is 3.06. The molecule has 3 aromatic rings. The third-order valence-electron chi connectivity index (χ3n) is 3.19. The molecule has 0 amide bonds. The molecular formula is C16H16BrN3O2. The van der Waals surface area contributed by atoms with Crippen molar-refractivity contribution in [3.05, 3.63) is 58.4 Å². The van der Waals surface area contributed by atoms with Crippen LogP contribution in [-0.2, 0) is 13.1 Å². The Hall–Kier alpha value is -1.92. The lowest BCUT2D eigenvalue weighted by atomic mass is 10.2. The number of nitrogens with zero attached hydrogens (tertiary/aromatic N) is 3. The molecule has 114 valence electrons. The van der Waals surface area contributed by atoms with Gasteiger partial charge < -0.3 is 8.83 Å². The van der Waals surface area contributed by atoms with E-state index in [4.69, 9.17) is 8.83 Å². The van der Waals surface area contributed by atoms with Crippen molar-refractivity contribution >= 4 is 15.9 Å². The Bertz CT molecular complexity index is 749. The topological polar surface area (TPSA) is 55.3 Å². The Labute approximate surface area is 137 Å². The molecule has 0 N–H and O–H groups in total. The van der Waals surface area contributed by atoms with E-state index in [1.165, 1.54) is 0 Å². The number of furan rings is 1. The number of aromatic nitrogens is 2. The number of benzene rings is 1. The van der Waals surface area contributed by atoms with Crippen LogP contribution in [0.2, 0.25) is 0 Å². The average Bonchev–Trinajstić information content (AvgIpc) is 3.09. The molecule has 0 aliphatic heterocycles. The predicted octanol–water partition coefficient (Wildman–Crippen LogP) is 4.03. The summed E-state index contributed by atoms with van der Waals surface area (Å²) in [5, 5.41) is 7.82. The van der Waals surface area contributed by atoms with E-state index in [1.807, 2.05) is 43.4 Å². The first-order valence-corrected chi connectivity index (χ1v) is 7.71. The Morgan fingerprint density at radius 3 is 2.45 bits per heavy atom. The van der Waals surface area contributed by atoms with E-state index in [9.17, 15) is 0 Å². The molecule has 22 heavy (non-hydrogen) atoms. The van der Waals surface area contributed by atoms with Crippen LogP contribution in [0.15, 0.2) is 49.7 Å². The van der Waals surface area contributed by atoms with Crippen molar-refractivity contribution in [2.75, 3.05) is 7.05 Å². The lowest BCUT2D eigenvalue weighted by Gasteiger charge is -2.11. The second kappa shape index (κ2) is 6.46. The highest BCUT2D eigenvalue weighted by Crippen LogP contribution is 2.24. The summed E-state index contributed by atoms with van der Waals surface area (Å²) < 4.78 is 12.3. The van der Waals surface area contributed by atoms with Crippen LogP contribution in [0.3, 0.4) is 0 Å². The molecule has 0 aliphatic carbocycles. The monoisotopic (exact) mass is 361 g/mol. The van der Waals surface area contributed by atoms with Gasteiger partial charge in [0, 0.05) is 17.0 Å².